The summed E-state index contributed by atoms with van der Waals surface area (Å²) in [5.74, 6) is 0.899. The third kappa shape index (κ3) is 6.53. The second-order valence-electron chi connectivity index (χ2n) is 10.4. The zero-order chi connectivity index (χ0) is 21.6. The molecule has 1 heterocycles. The lowest BCUT2D eigenvalue weighted by Crippen LogP contribution is -2.49. The van der Waals surface area contributed by atoms with Crippen LogP contribution in [0.4, 0.5) is 0 Å². The Balaban J connectivity index is 1.80. The second-order valence-corrected chi connectivity index (χ2v) is 10.4. The van der Waals surface area contributed by atoms with Crippen LogP contribution in [0.1, 0.15) is 132 Å². The van der Waals surface area contributed by atoms with Gasteiger partial charge >= 0.3 is 0 Å². The molecule has 1 amide bonds. The molecule has 2 fully saturated rings. The smallest absolute Gasteiger partial charge is 0.269 e. The van der Waals surface area contributed by atoms with Crippen LogP contribution in [0.5, 0.6) is 0 Å². The van der Waals surface area contributed by atoms with Gasteiger partial charge in [-0.05, 0) is 45.6 Å². The molecule has 0 radical (unpaired) electrons. The third-order valence-corrected chi connectivity index (χ3v) is 6.95. The lowest BCUT2D eigenvalue weighted by molar-refractivity contribution is 0.0730. The lowest BCUT2D eigenvalue weighted by Gasteiger charge is -2.31. The Bertz CT molecular complexity index is 699. The van der Waals surface area contributed by atoms with E-state index in [0.29, 0.717) is 17.3 Å². The number of carbonyl (C=O) groups is 1. The number of nitrogens with zero attached hydrogens (tertiary/aromatic N) is 2. The topological polar surface area (TPSA) is 75.1 Å². The summed E-state index contributed by atoms with van der Waals surface area (Å²) in [6.07, 6.45) is 16.6. The number of nitrogens with one attached hydrogen (secondary N) is 1. The highest BCUT2D eigenvalue weighted by Gasteiger charge is 2.30. The molecule has 6 heteroatoms. The molecule has 0 unspecified atom stereocenters. The van der Waals surface area contributed by atoms with Crippen LogP contribution in [0.15, 0.2) is 6.07 Å². The fourth-order valence-corrected chi connectivity index (χ4v) is 4.94. The first-order valence-electron chi connectivity index (χ1n) is 12.2. The maximum Gasteiger partial charge on any atom is 0.269 e. The molecule has 0 spiro atoms. The molecule has 0 aromatic carbocycles. The van der Waals surface area contributed by atoms with Crippen LogP contribution in [0.2, 0.25) is 0 Å². The van der Waals surface area contributed by atoms with Gasteiger partial charge in [0.05, 0.1) is 5.69 Å². The first-order chi connectivity index (χ1) is 14.3. The quantitative estimate of drug-likeness (QED) is 0.721. The second kappa shape index (κ2) is 10.3. The summed E-state index contributed by atoms with van der Waals surface area (Å²) in [5.41, 5.74) is -0.352. The number of hydrogen-bond donors (Lipinski definition) is 2. The molecule has 2 aliphatic carbocycles. The van der Waals surface area contributed by atoms with E-state index in [1.165, 1.54) is 51.4 Å². The van der Waals surface area contributed by atoms with Crippen molar-refractivity contribution in [2.45, 2.75) is 121 Å². The van der Waals surface area contributed by atoms with E-state index in [1.54, 1.807) is 19.9 Å². The Kier molecular flexibility index (Phi) is 7.95. The van der Waals surface area contributed by atoms with Crippen LogP contribution in [0.3, 0.4) is 0 Å². The van der Waals surface area contributed by atoms with E-state index in [-0.39, 0.29) is 11.3 Å². The summed E-state index contributed by atoms with van der Waals surface area (Å²) in [6.45, 7) is 3.45. The standard InChI is InChI=1S/C24H40BN3O2/c1-23(2,30)20-17-19(26-21(27-20)18-13-9-10-14-18)22(29)28-24(25)15-11-7-5-3-4-6-8-12-16-24/h17-18,30H,3-16,25H2,1-2H3,(H,28,29). The molecule has 2 aliphatic rings. The van der Waals surface area contributed by atoms with Gasteiger partial charge in [-0.2, -0.15) is 0 Å². The Hall–Kier alpha value is -1.43. The van der Waals surface area contributed by atoms with Crippen molar-refractivity contribution in [1.82, 2.24) is 15.3 Å². The molecule has 2 saturated carbocycles. The largest absolute Gasteiger partial charge is 0.384 e. The van der Waals surface area contributed by atoms with Crippen molar-refractivity contribution in [3.05, 3.63) is 23.3 Å². The molecular formula is C24H40BN3O2. The highest BCUT2D eigenvalue weighted by Crippen LogP contribution is 2.33. The Morgan fingerprint density at radius 1 is 1.00 bits per heavy atom. The highest BCUT2D eigenvalue weighted by molar-refractivity contribution is 6.17. The SMILES string of the molecule is BC1(NC(=O)c2cc(C(C)(C)O)nc(C3CCCC3)n2)CCCCCCCCCC1. The van der Waals surface area contributed by atoms with Crippen LogP contribution < -0.4 is 5.32 Å². The van der Waals surface area contributed by atoms with Crippen molar-refractivity contribution in [1.29, 1.82) is 0 Å². The Morgan fingerprint density at radius 3 is 2.07 bits per heavy atom. The van der Waals surface area contributed by atoms with Crippen molar-refractivity contribution < 1.29 is 9.90 Å². The summed E-state index contributed by atoms with van der Waals surface area (Å²) in [7, 11) is 2.19. The summed E-state index contributed by atoms with van der Waals surface area (Å²) in [6, 6.07) is 1.68. The fraction of sp³-hybridized carbons (Fsp3) is 0.792. The number of carbonyl (C=O) groups excluding carboxylic acids is 1. The van der Waals surface area contributed by atoms with Gasteiger partial charge in [-0.25, -0.2) is 9.97 Å². The van der Waals surface area contributed by atoms with Gasteiger partial charge in [-0.3, -0.25) is 4.79 Å². The van der Waals surface area contributed by atoms with Gasteiger partial charge < -0.3 is 10.4 Å². The number of aliphatic hydroxyl groups is 1. The first kappa shape index (κ1) is 23.2. The van der Waals surface area contributed by atoms with E-state index in [9.17, 15) is 9.90 Å². The molecule has 166 valence electrons. The normalized spacial score (nSPS) is 21.7. The van der Waals surface area contributed by atoms with Crippen molar-refractivity contribution >= 4 is 13.8 Å². The van der Waals surface area contributed by atoms with E-state index in [1.807, 2.05) is 0 Å². The van der Waals surface area contributed by atoms with Crippen LogP contribution in [0.25, 0.3) is 0 Å². The number of aromatic nitrogens is 2. The molecule has 1 aromatic heterocycles. The van der Waals surface area contributed by atoms with E-state index in [0.717, 1.165) is 44.3 Å². The van der Waals surface area contributed by atoms with E-state index < -0.39 is 5.60 Å². The lowest BCUT2D eigenvalue weighted by atomic mass is 9.70. The molecule has 0 aliphatic heterocycles. The van der Waals surface area contributed by atoms with Crippen molar-refractivity contribution in [3.8, 4) is 0 Å². The van der Waals surface area contributed by atoms with Gasteiger partial charge in [0, 0.05) is 11.4 Å². The average Bonchev–Trinajstić information content (AvgIpc) is 3.21. The minimum atomic E-state index is -1.09. The summed E-state index contributed by atoms with van der Waals surface area (Å²) in [4.78, 5) is 22.6. The molecule has 0 atom stereocenters. The van der Waals surface area contributed by atoms with Gasteiger partial charge in [0.2, 0.25) is 0 Å². The van der Waals surface area contributed by atoms with E-state index in [2.05, 4.69) is 23.1 Å². The first-order valence-corrected chi connectivity index (χ1v) is 12.2. The van der Waals surface area contributed by atoms with Crippen LogP contribution in [-0.4, -0.2) is 34.3 Å². The molecule has 1 aromatic rings. The van der Waals surface area contributed by atoms with Gasteiger partial charge in [0.15, 0.2) is 0 Å². The van der Waals surface area contributed by atoms with E-state index in [4.69, 9.17) is 0 Å². The molecular weight excluding hydrogens is 373 g/mol. The predicted octanol–water partition coefficient (Wildman–Crippen LogP) is 4.34. The highest BCUT2D eigenvalue weighted by atomic mass is 16.3. The monoisotopic (exact) mass is 413 g/mol. The molecule has 3 rings (SSSR count). The van der Waals surface area contributed by atoms with Gasteiger partial charge in [-0.1, -0.05) is 64.2 Å². The van der Waals surface area contributed by atoms with Crippen LogP contribution >= 0.6 is 0 Å². The maximum absolute atomic E-state index is 13.3. The van der Waals surface area contributed by atoms with Crippen LogP contribution in [-0.2, 0) is 5.60 Å². The summed E-state index contributed by atoms with van der Waals surface area (Å²) in [5, 5.41) is 13.9. The number of hydrogen-bond acceptors (Lipinski definition) is 4. The average molecular weight is 413 g/mol. The van der Waals surface area contributed by atoms with Crippen molar-refractivity contribution in [3.63, 3.8) is 0 Å². The van der Waals surface area contributed by atoms with Crippen molar-refractivity contribution in [2.24, 2.45) is 0 Å². The molecule has 0 saturated heterocycles. The summed E-state index contributed by atoms with van der Waals surface area (Å²) < 4.78 is 0. The minimum absolute atomic E-state index is 0.125. The number of rotatable bonds is 4. The van der Waals surface area contributed by atoms with Gasteiger partial charge in [0.1, 0.15) is 25.0 Å². The molecule has 30 heavy (non-hydrogen) atoms. The Morgan fingerprint density at radius 2 is 1.53 bits per heavy atom. The molecule has 2 N–H and O–H groups in total. The molecule has 0 bridgehead atoms. The molecule has 5 nitrogen and oxygen atoms in total. The third-order valence-electron chi connectivity index (χ3n) is 6.95. The van der Waals surface area contributed by atoms with Gasteiger partial charge in [0.25, 0.3) is 5.91 Å². The van der Waals surface area contributed by atoms with Crippen LogP contribution in [0, 0.1) is 0 Å². The number of amides is 1. The summed E-state index contributed by atoms with van der Waals surface area (Å²) >= 11 is 0. The maximum atomic E-state index is 13.3. The van der Waals surface area contributed by atoms with Crippen molar-refractivity contribution in [2.75, 3.05) is 0 Å². The van der Waals surface area contributed by atoms with Gasteiger partial charge in [-0.15, -0.1) is 0 Å². The minimum Gasteiger partial charge on any atom is -0.384 e. The Labute approximate surface area is 183 Å². The predicted molar refractivity (Wildman–Crippen MR) is 123 cm³/mol. The zero-order valence-corrected chi connectivity index (χ0v) is 19.3. The van der Waals surface area contributed by atoms with E-state index >= 15 is 0 Å². The zero-order valence-electron chi connectivity index (χ0n) is 19.3. The fourth-order valence-electron chi connectivity index (χ4n) is 4.94.